The molecular formula is C12H14N2O6S. The van der Waals surface area contributed by atoms with Gasteiger partial charge < -0.3 is 10.0 Å². The van der Waals surface area contributed by atoms with Crippen LogP contribution in [-0.4, -0.2) is 48.5 Å². The van der Waals surface area contributed by atoms with Gasteiger partial charge >= 0.3 is 5.97 Å². The van der Waals surface area contributed by atoms with Gasteiger partial charge in [-0.3, -0.25) is 10.1 Å². The molecule has 1 aliphatic rings. The molecule has 2 rings (SSSR count). The molecule has 0 spiro atoms. The zero-order valence-electron chi connectivity index (χ0n) is 11.2. The molecule has 1 atom stereocenters. The SMILES string of the molecule is CC1CS(=O)(=O)CCN1c1ccc([N+](=O)[O-])c(C(=O)O)c1. The number of sulfone groups is 1. The minimum absolute atomic E-state index is 0.0171. The van der Waals surface area contributed by atoms with Crippen molar-refractivity contribution < 1.29 is 23.2 Å². The number of hydrogen-bond donors (Lipinski definition) is 1. The molecule has 8 nitrogen and oxygen atoms in total. The van der Waals surface area contributed by atoms with Gasteiger partial charge in [-0.25, -0.2) is 13.2 Å². The molecule has 0 amide bonds. The lowest BCUT2D eigenvalue weighted by Gasteiger charge is -2.35. The number of benzene rings is 1. The molecule has 1 aliphatic heterocycles. The monoisotopic (exact) mass is 314 g/mol. The highest BCUT2D eigenvalue weighted by Crippen LogP contribution is 2.28. The molecule has 9 heteroatoms. The fraction of sp³-hybridized carbons (Fsp3) is 0.417. The Morgan fingerprint density at radius 1 is 1.48 bits per heavy atom. The van der Waals surface area contributed by atoms with Crippen molar-refractivity contribution in [2.75, 3.05) is 23.0 Å². The summed E-state index contributed by atoms with van der Waals surface area (Å²) in [5.74, 6) is -1.43. The van der Waals surface area contributed by atoms with Crippen molar-refractivity contribution in [3.63, 3.8) is 0 Å². The summed E-state index contributed by atoms with van der Waals surface area (Å²) < 4.78 is 23.1. The van der Waals surface area contributed by atoms with E-state index < -0.39 is 32.0 Å². The number of aromatic carboxylic acids is 1. The van der Waals surface area contributed by atoms with E-state index in [0.717, 1.165) is 6.07 Å². The van der Waals surface area contributed by atoms with Gasteiger partial charge in [0.05, 0.1) is 16.4 Å². The molecule has 0 aliphatic carbocycles. The van der Waals surface area contributed by atoms with E-state index in [9.17, 15) is 23.3 Å². The van der Waals surface area contributed by atoms with Gasteiger partial charge in [0.2, 0.25) is 0 Å². The quantitative estimate of drug-likeness (QED) is 0.651. The van der Waals surface area contributed by atoms with E-state index in [-0.39, 0.29) is 24.1 Å². The molecule has 0 saturated carbocycles. The van der Waals surface area contributed by atoms with Crippen LogP contribution in [0.25, 0.3) is 0 Å². The predicted molar refractivity (Wildman–Crippen MR) is 75.5 cm³/mol. The van der Waals surface area contributed by atoms with Crippen molar-refractivity contribution >= 4 is 27.2 Å². The summed E-state index contributed by atoms with van der Waals surface area (Å²) in [5, 5.41) is 19.9. The Balaban J connectivity index is 2.40. The van der Waals surface area contributed by atoms with Gasteiger partial charge in [-0.15, -0.1) is 0 Å². The van der Waals surface area contributed by atoms with Crippen molar-refractivity contribution in [1.29, 1.82) is 0 Å². The third-order valence-electron chi connectivity index (χ3n) is 3.41. The summed E-state index contributed by atoms with van der Waals surface area (Å²) in [7, 11) is -3.09. The average Bonchev–Trinajstić information content (AvgIpc) is 2.36. The van der Waals surface area contributed by atoms with E-state index in [1.54, 1.807) is 11.8 Å². The number of nitro benzene ring substituents is 1. The van der Waals surface area contributed by atoms with Crippen molar-refractivity contribution in [3.8, 4) is 0 Å². The molecule has 1 unspecified atom stereocenters. The van der Waals surface area contributed by atoms with Crippen LogP contribution in [0.15, 0.2) is 18.2 Å². The third kappa shape index (κ3) is 3.13. The zero-order chi connectivity index (χ0) is 15.8. The van der Waals surface area contributed by atoms with Crippen molar-refractivity contribution in [1.82, 2.24) is 0 Å². The van der Waals surface area contributed by atoms with Crippen LogP contribution in [0.5, 0.6) is 0 Å². The lowest BCUT2D eigenvalue weighted by atomic mass is 10.1. The van der Waals surface area contributed by atoms with E-state index >= 15 is 0 Å². The van der Waals surface area contributed by atoms with Gasteiger partial charge in [-0.2, -0.15) is 0 Å². The van der Waals surface area contributed by atoms with Crippen LogP contribution < -0.4 is 4.90 Å². The number of rotatable bonds is 3. The van der Waals surface area contributed by atoms with Gasteiger partial charge in [0, 0.05) is 24.3 Å². The number of nitrogens with zero attached hydrogens (tertiary/aromatic N) is 2. The molecule has 0 aromatic heterocycles. The first-order chi connectivity index (χ1) is 9.71. The third-order valence-corrected chi connectivity index (χ3v) is 5.20. The molecule has 0 bridgehead atoms. The Labute approximate surface area is 121 Å². The van der Waals surface area contributed by atoms with Gasteiger partial charge in [-0.05, 0) is 19.1 Å². The number of carboxylic acid groups (broad SMARTS) is 1. The predicted octanol–water partition coefficient (Wildman–Crippen LogP) is 0.916. The Morgan fingerprint density at radius 2 is 2.14 bits per heavy atom. The van der Waals surface area contributed by atoms with Crippen LogP contribution >= 0.6 is 0 Å². The summed E-state index contributed by atoms with van der Waals surface area (Å²) in [6.07, 6.45) is 0. The molecule has 1 fully saturated rings. The fourth-order valence-corrected chi connectivity index (χ4v) is 3.97. The van der Waals surface area contributed by atoms with Gasteiger partial charge in [0.15, 0.2) is 9.84 Å². The molecular weight excluding hydrogens is 300 g/mol. The first-order valence-corrected chi connectivity index (χ1v) is 8.02. The maximum absolute atomic E-state index is 11.5. The molecule has 0 radical (unpaired) electrons. The van der Waals surface area contributed by atoms with Crippen LogP contribution in [0.3, 0.4) is 0 Å². The molecule has 1 aromatic carbocycles. The van der Waals surface area contributed by atoms with E-state index in [4.69, 9.17) is 5.11 Å². The topological polar surface area (TPSA) is 118 Å². The first kappa shape index (κ1) is 15.2. The summed E-state index contributed by atoms with van der Waals surface area (Å²) >= 11 is 0. The standard InChI is InChI=1S/C12H14N2O6S/c1-8-7-21(19,20)5-4-13(8)9-2-3-11(14(17)18)10(6-9)12(15)16/h2-3,6,8H,4-5,7H2,1H3,(H,15,16). The van der Waals surface area contributed by atoms with E-state index in [0.29, 0.717) is 5.69 Å². The number of carbonyl (C=O) groups is 1. The van der Waals surface area contributed by atoms with E-state index in [1.165, 1.54) is 12.1 Å². The smallest absolute Gasteiger partial charge is 0.342 e. The average molecular weight is 314 g/mol. The van der Waals surface area contributed by atoms with Crippen LogP contribution in [-0.2, 0) is 9.84 Å². The lowest BCUT2D eigenvalue weighted by Crippen LogP contribution is -2.47. The number of carboxylic acids is 1. The summed E-state index contributed by atoms with van der Waals surface area (Å²) in [6, 6.07) is 3.48. The molecule has 114 valence electrons. The highest BCUT2D eigenvalue weighted by Gasteiger charge is 2.30. The molecule has 1 saturated heterocycles. The summed E-state index contributed by atoms with van der Waals surface area (Å²) in [4.78, 5) is 22.9. The summed E-state index contributed by atoms with van der Waals surface area (Å²) in [6.45, 7) is 1.96. The Morgan fingerprint density at radius 3 is 2.67 bits per heavy atom. The van der Waals surface area contributed by atoms with Crippen LogP contribution in [0.2, 0.25) is 0 Å². The largest absolute Gasteiger partial charge is 0.477 e. The van der Waals surface area contributed by atoms with Gasteiger partial charge in [0.1, 0.15) is 5.56 Å². The van der Waals surface area contributed by atoms with Crippen molar-refractivity contribution in [2.45, 2.75) is 13.0 Å². The maximum Gasteiger partial charge on any atom is 0.342 e. The molecule has 1 N–H and O–H groups in total. The number of hydrogen-bond acceptors (Lipinski definition) is 6. The molecule has 21 heavy (non-hydrogen) atoms. The fourth-order valence-electron chi connectivity index (χ4n) is 2.42. The second-order valence-electron chi connectivity index (χ2n) is 4.92. The first-order valence-electron chi connectivity index (χ1n) is 6.20. The van der Waals surface area contributed by atoms with Gasteiger partial charge in [-0.1, -0.05) is 0 Å². The number of nitro groups is 1. The number of anilines is 1. The molecule has 1 heterocycles. The Kier molecular flexibility index (Phi) is 3.86. The van der Waals surface area contributed by atoms with E-state index in [1.807, 2.05) is 0 Å². The Bertz CT molecular complexity index is 700. The zero-order valence-corrected chi connectivity index (χ0v) is 12.0. The van der Waals surface area contributed by atoms with Crippen LogP contribution in [0.1, 0.15) is 17.3 Å². The summed E-state index contributed by atoms with van der Waals surface area (Å²) in [5.41, 5.74) is -0.415. The van der Waals surface area contributed by atoms with Crippen LogP contribution in [0.4, 0.5) is 11.4 Å². The molecule has 1 aromatic rings. The highest BCUT2D eigenvalue weighted by atomic mass is 32.2. The van der Waals surface area contributed by atoms with Crippen molar-refractivity contribution in [2.24, 2.45) is 0 Å². The Hall–Kier alpha value is -2.16. The van der Waals surface area contributed by atoms with Crippen LogP contribution in [0, 0.1) is 10.1 Å². The minimum Gasteiger partial charge on any atom is -0.477 e. The lowest BCUT2D eigenvalue weighted by molar-refractivity contribution is -0.385. The van der Waals surface area contributed by atoms with Gasteiger partial charge in [0.25, 0.3) is 5.69 Å². The second-order valence-corrected chi connectivity index (χ2v) is 7.15. The highest BCUT2D eigenvalue weighted by molar-refractivity contribution is 7.91. The normalized spacial score (nSPS) is 21.0. The second kappa shape index (κ2) is 5.32. The minimum atomic E-state index is -3.09. The van der Waals surface area contributed by atoms with E-state index in [2.05, 4.69) is 0 Å². The van der Waals surface area contributed by atoms with Crippen molar-refractivity contribution in [3.05, 3.63) is 33.9 Å². The maximum atomic E-state index is 11.5.